The molecule has 150 valence electrons. The minimum Gasteiger partial charge on any atom is -0.497 e. The average Bonchev–Trinajstić information content (AvgIpc) is 2.78. The molecule has 4 nitrogen and oxygen atoms in total. The van der Waals surface area contributed by atoms with Gasteiger partial charge in [0.05, 0.1) is 12.8 Å². The minimum atomic E-state index is 0.523. The first-order chi connectivity index (χ1) is 14.3. The molecule has 1 heterocycles. The Morgan fingerprint density at radius 2 is 1.76 bits per heavy atom. The first-order valence-corrected chi connectivity index (χ1v) is 10.4. The molecule has 1 atom stereocenters. The molecule has 0 aliphatic heterocycles. The molecule has 1 aromatic heterocycles. The van der Waals surface area contributed by atoms with Crippen molar-refractivity contribution < 1.29 is 4.74 Å². The number of ether oxygens (including phenoxy) is 1. The predicted molar refractivity (Wildman–Crippen MR) is 117 cm³/mol. The molecule has 4 rings (SSSR count). The fraction of sp³-hybridized carbons (Fsp3) is 0.320. The van der Waals surface area contributed by atoms with E-state index in [-0.39, 0.29) is 0 Å². The number of nitrogens with one attached hydrogen (secondary N) is 2. The van der Waals surface area contributed by atoms with Crippen molar-refractivity contribution >= 4 is 0 Å². The van der Waals surface area contributed by atoms with Gasteiger partial charge in [0.25, 0.3) is 0 Å². The summed E-state index contributed by atoms with van der Waals surface area (Å²) in [5.41, 5.74) is 6.58. The van der Waals surface area contributed by atoms with Crippen LogP contribution in [-0.4, -0.2) is 18.1 Å². The fourth-order valence-electron chi connectivity index (χ4n) is 3.91. The van der Waals surface area contributed by atoms with Gasteiger partial charge >= 0.3 is 0 Å². The van der Waals surface area contributed by atoms with E-state index in [4.69, 9.17) is 4.74 Å². The number of hydrogen-bond acceptors (Lipinski definition) is 4. The number of aromatic nitrogens is 1. The minimum absolute atomic E-state index is 0.523. The number of benzene rings is 2. The highest BCUT2D eigenvalue weighted by Gasteiger charge is 2.18. The molecular formula is C25H29N3O. The zero-order valence-electron chi connectivity index (χ0n) is 17.0. The van der Waals surface area contributed by atoms with Crippen LogP contribution in [0.25, 0.3) is 0 Å². The quantitative estimate of drug-likeness (QED) is 0.613. The van der Waals surface area contributed by atoms with Crippen LogP contribution in [0.4, 0.5) is 0 Å². The molecule has 4 heteroatoms. The van der Waals surface area contributed by atoms with Gasteiger partial charge in [-0.2, -0.15) is 0 Å². The van der Waals surface area contributed by atoms with Crippen molar-refractivity contribution in [3.05, 3.63) is 94.8 Å². The molecule has 2 aromatic carbocycles. The van der Waals surface area contributed by atoms with Crippen molar-refractivity contribution in [2.75, 3.05) is 7.11 Å². The summed E-state index contributed by atoms with van der Waals surface area (Å²) in [4.78, 5) is 4.34. The molecule has 1 unspecified atom stereocenters. The van der Waals surface area contributed by atoms with Crippen molar-refractivity contribution in [3.8, 4) is 5.75 Å². The van der Waals surface area contributed by atoms with Gasteiger partial charge in [0.1, 0.15) is 5.75 Å². The maximum Gasteiger partial charge on any atom is 0.119 e. The second-order valence-corrected chi connectivity index (χ2v) is 7.70. The number of aryl methyl sites for hydroxylation is 1. The highest BCUT2D eigenvalue weighted by atomic mass is 16.5. The number of methoxy groups -OCH3 is 1. The second kappa shape index (κ2) is 9.68. The van der Waals surface area contributed by atoms with E-state index in [1.807, 2.05) is 24.4 Å². The lowest BCUT2D eigenvalue weighted by Gasteiger charge is -2.26. The summed E-state index contributed by atoms with van der Waals surface area (Å²) in [6.07, 6.45) is 5.23. The molecule has 0 saturated carbocycles. The van der Waals surface area contributed by atoms with Gasteiger partial charge in [-0.1, -0.05) is 36.4 Å². The van der Waals surface area contributed by atoms with Crippen LogP contribution in [0.2, 0.25) is 0 Å². The lowest BCUT2D eigenvalue weighted by Crippen LogP contribution is -2.34. The molecule has 3 aromatic rings. The van der Waals surface area contributed by atoms with Crippen molar-refractivity contribution in [2.24, 2.45) is 0 Å². The first kappa shape index (κ1) is 19.6. The highest BCUT2D eigenvalue weighted by Crippen LogP contribution is 2.25. The largest absolute Gasteiger partial charge is 0.497 e. The molecule has 1 aliphatic carbocycles. The Hall–Kier alpha value is -2.69. The summed E-state index contributed by atoms with van der Waals surface area (Å²) < 4.78 is 5.38. The van der Waals surface area contributed by atoms with Crippen LogP contribution in [0.3, 0.4) is 0 Å². The smallest absolute Gasteiger partial charge is 0.119 e. The molecule has 0 saturated heterocycles. The Morgan fingerprint density at radius 3 is 2.52 bits per heavy atom. The van der Waals surface area contributed by atoms with Crippen molar-refractivity contribution in [2.45, 2.75) is 44.9 Å². The normalized spacial score (nSPS) is 15.7. The van der Waals surface area contributed by atoms with Crippen molar-refractivity contribution in [3.63, 3.8) is 0 Å². The zero-order valence-corrected chi connectivity index (χ0v) is 17.0. The lowest BCUT2D eigenvalue weighted by molar-refractivity contribution is 0.411. The third-order valence-electron chi connectivity index (χ3n) is 5.62. The first-order valence-electron chi connectivity index (χ1n) is 10.4. The third-order valence-corrected chi connectivity index (χ3v) is 5.62. The van der Waals surface area contributed by atoms with Crippen LogP contribution in [-0.2, 0) is 32.5 Å². The van der Waals surface area contributed by atoms with Crippen LogP contribution in [0.5, 0.6) is 5.75 Å². The molecule has 2 N–H and O–H groups in total. The van der Waals surface area contributed by atoms with E-state index in [0.717, 1.165) is 43.9 Å². The van der Waals surface area contributed by atoms with Gasteiger partial charge < -0.3 is 15.4 Å². The number of pyridine rings is 1. The maximum atomic E-state index is 5.38. The monoisotopic (exact) mass is 387 g/mol. The topological polar surface area (TPSA) is 46.2 Å². The van der Waals surface area contributed by atoms with Gasteiger partial charge in [0.15, 0.2) is 0 Å². The molecular weight excluding hydrogens is 358 g/mol. The van der Waals surface area contributed by atoms with Gasteiger partial charge in [-0.25, -0.2) is 0 Å². The maximum absolute atomic E-state index is 5.38. The van der Waals surface area contributed by atoms with Gasteiger partial charge in [-0.3, -0.25) is 4.98 Å². The number of fused-ring (bicyclic) bond motifs is 1. The number of hydrogen-bond donors (Lipinski definition) is 2. The molecule has 0 fully saturated rings. The van der Waals surface area contributed by atoms with E-state index in [2.05, 4.69) is 58.1 Å². The average molecular weight is 388 g/mol. The summed E-state index contributed by atoms with van der Waals surface area (Å²) in [7, 11) is 1.73. The summed E-state index contributed by atoms with van der Waals surface area (Å²) in [5.74, 6) is 0.955. The van der Waals surface area contributed by atoms with E-state index in [1.54, 1.807) is 7.11 Å². The highest BCUT2D eigenvalue weighted by molar-refractivity contribution is 5.38. The van der Waals surface area contributed by atoms with Gasteiger partial charge in [-0.15, -0.1) is 0 Å². The second-order valence-electron chi connectivity index (χ2n) is 7.70. The fourth-order valence-corrected chi connectivity index (χ4v) is 3.91. The molecule has 0 radical (unpaired) electrons. The SMILES string of the molecule is COc1ccc2c(c1)CC(NCc1ccc(CNCc3ccccn3)cc1)CC2. The number of nitrogens with zero attached hydrogens (tertiary/aromatic N) is 1. The van der Waals surface area contributed by atoms with Gasteiger partial charge in [-0.05, 0) is 65.8 Å². The van der Waals surface area contributed by atoms with E-state index in [9.17, 15) is 0 Å². The van der Waals surface area contributed by atoms with E-state index < -0.39 is 0 Å². The summed E-state index contributed by atoms with van der Waals surface area (Å²) in [6, 6.07) is 21.9. The van der Waals surface area contributed by atoms with E-state index >= 15 is 0 Å². The Bertz CT molecular complexity index is 909. The Labute approximate surface area is 173 Å². The summed E-state index contributed by atoms with van der Waals surface area (Å²) in [6.45, 7) is 2.55. The standard InChI is InChI=1S/C25H29N3O/c1-29-25-12-10-21-9-11-23(14-22(21)15-25)28-17-20-7-5-19(6-8-20)16-26-18-24-4-2-3-13-27-24/h2-8,10,12-13,15,23,26,28H,9,11,14,16-18H2,1H3. The molecule has 1 aliphatic rings. The lowest BCUT2D eigenvalue weighted by atomic mass is 9.88. The van der Waals surface area contributed by atoms with E-state index in [0.29, 0.717) is 6.04 Å². The van der Waals surface area contributed by atoms with Gasteiger partial charge in [0.2, 0.25) is 0 Å². The summed E-state index contributed by atoms with van der Waals surface area (Å²) in [5, 5.41) is 7.19. The number of rotatable bonds is 8. The van der Waals surface area contributed by atoms with Crippen LogP contribution in [0.1, 0.15) is 34.4 Å². The Balaban J connectivity index is 1.24. The van der Waals surface area contributed by atoms with Crippen molar-refractivity contribution in [1.29, 1.82) is 0 Å². The van der Waals surface area contributed by atoms with Crippen LogP contribution in [0.15, 0.2) is 66.9 Å². The van der Waals surface area contributed by atoms with Crippen LogP contribution < -0.4 is 15.4 Å². The molecule has 0 spiro atoms. The van der Waals surface area contributed by atoms with E-state index in [1.165, 1.54) is 28.7 Å². The van der Waals surface area contributed by atoms with Crippen molar-refractivity contribution in [1.82, 2.24) is 15.6 Å². The predicted octanol–water partition coefficient (Wildman–Crippen LogP) is 4.03. The zero-order chi connectivity index (χ0) is 19.9. The molecule has 0 bridgehead atoms. The third kappa shape index (κ3) is 5.43. The van der Waals surface area contributed by atoms with Crippen LogP contribution >= 0.6 is 0 Å². The Kier molecular flexibility index (Phi) is 6.55. The van der Waals surface area contributed by atoms with Gasteiger partial charge in [0, 0.05) is 31.9 Å². The molecule has 29 heavy (non-hydrogen) atoms. The summed E-state index contributed by atoms with van der Waals surface area (Å²) >= 11 is 0. The molecule has 0 amide bonds. The van der Waals surface area contributed by atoms with Crippen LogP contribution in [0, 0.1) is 0 Å². The Morgan fingerprint density at radius 1 is 0.931 bits per heavy atom.